The molecular weight excluding hydrogens is 335 g/mol. The maximum absolute atomic E-state index is 12.7. The van der Waals surface area contributed by atoms with Crippen LogP contribution in [0.1, 0.15) is 16.7 Å². The predicted molar refractivity (Wildman–Crippen MR) is 84.9 cm³/mol. The highest BCUT2D eigenvalue weighted by molar-refractivity contribution is 5.85. The SMILES string of the molecule is O=C(Cc1ccccc1)N[C@@H](Cc1cccc(C(F)(F)F)c1)C(=O)O. The third-order valence-electron chi connectivity index (χ3n) is 3.53. The van der Waals surface area contributed by atoms with E-state index in [0.717, 1.165) is 12.1 Å². The fourth-order valence-corrected chi connectivity index (χ4v) is 2.34. The number of benzene rings is 2. The molecule has 7 heteroatoms. The molecule has 0 spiro atoms. The second-order valence-electron chi connectivity index (χ2n) is 5.52. The highest BCUT2D eigenvalue weighted by Gasteiger charge is 2.31. The number of hydrogen-bond acceptors (Lipinski definition) is 2. The summed E-state index contributed by atoms with van der Waals surface area (Å²) in [4.78, 5) is 23.3. The molecule has 0 aliphatic carbocycles. The van der Waals surface area contributed by atoms with Gasteiger partial charge >= 0.3 is 12.1 Å². The Balaban J connectivity index is 2.06. The average Bonchev–Trinajstić information content (AvgIpc) is 2.54. The first-order valence-electron chi connectivity index (χ1n) is 7.48. The van der Waals surface area contributed by atoms with Crippen molar-refractivity contribution in [1.82, 2.24) is 5.32 Å². The van der Waals surface area contributed by atoms with Crippen LogP contribution in [0.4, 0.5) is 13.2 Å². The standard InChI is InChI=1S/C18H16F3NO3/c19-18(20,21)14-8-4-7-13(9-14)10-15(17(24)25)22-16(23)11-12-5-2-1-3-6-12/h1-9,15H,10-11H2,(H,22,23)(H,24,25)/t15-/m0/s1. The Kier molecular flexibility index (Phi) is 5.80. The van der Waals surface area contributed by atoms with Crippen molar-refractivity contribution in [2.45, 2.75) is 25.1 Å². The quantitative estimate of drug-likeness (QED) is 0.841. The minimum Gasteiger partial charge on any atom is -0.480 e. The molecule has 0 saturated carbocycles. The Bertz CT molecular complexity index is 745. The summed E-state index contributed by atoms with van der Waals surface area (Å²) < 4.78 is 38.2. The van der Waals surface area contributed by atoms with Gasteiger partial charge in [-0.3, -0.25) is 4.79 Å². The lowest BCUT2D eigenvalue weighted by molar-refractivity contribution is -0.141. The zero-order valence-corrected chi connectivity index (χ0v) is 13.1. The molecular formula is C18H16F3NO3. The first-order valence-corrected chi connectivity index (χ1v) is 7.48. The van der Waals surface area contributed by atoms with E-state index in [-0.39, 0.29) is 18.4 Å². The van der Waals surface area contributed by atoms with E-state index in [0.29, 0.717) is 5.56 Å². The molecule has 1 amide bonds. The molecule has 0 aliphatic heterocycles. The maximum atomic E-state index is 12.7. The number of amides is 1. The molecule has 4 nitrogen and oxygen atoms in total. The van der Waals surface area contributed by atoms with Gasteiger partial charge in [0.25, 0.3) is 0 Å². The van der Waals surface area contributed by atoms with Crippen LogP contribution in [0.3, 0.4) is 0 Å². The second kappa shape index (κ2) is 7.83. The van der Waals surface area contributed by atoms with E-state index in [1.54, 1.807) is 30.3 Å². The molecule has 0 radical (unpaired) electrons. The number of nitrogens with one attached hydrogen (secondary N) is 1. The third-order valence-corrected chi connectivity index (χ3v) is 3.53. The number of rotatable bonds is 6. The molecule has 0 heterocycles. The van der Waals surface area contributed by atoms with Crippen LogP contribution in [0.2, 0.25) is 0 Å². The van der Waals surface area contributed by atoms with Crippen molar-refractivity contribution in [3.8, 4) is 0 Å². The molecule has 0 bridgehead atoms. The van der Waals surface area contributed by atoms with Gasteiger partial charge in [0.2, 0.25) is 5.91 Å². The smallest absolute Gasteiger partial charge is 0.416 e. The number of hydrogen-bond donors (Lipinski definition) is 2. The Labute approximate surface area is 142 Å². The van der Waals surface area contributed by atoms with Gasteiger partial charge in [0.05, 0.1) is 12.0 Å². The molecule has 2 aromatic rings. The molecule has 1 atom stereocenters. The summed E-state index contributed by atoms with van der Waals surface area (Å²) in [6.07, 6.45) is -4.75. The Morgan fingerprint density at radius 3 is 2.24 bits per heavy atom. The Morgan fingerprint density at radius 1 is 1.00 bits per heavy atom. The number of carboxylic acids is 1. The fourth-order valence-electron chi connectivity index (χ4n) is 2.34. The van der Waals surface area contributed by atoms with E-state index >= 15 is 0 Å². The lowest BCUT2D eigenvalue weighted by atomic mass is 10.0. The normalized spacial score (nSPS) is 12.4. The summed E-state index contributed by atoms with van der Waals surface area (Å²) >= 11 is 0. The number of carboxylic acid groups (broad SMARTS) is 1. The highest BCUT2D eigenvalue weighted by Crippen LogP contribution is 2.29. The van der Waals surface area contributed by atoms with Crippen molar-refractivity contribution in [3.05, 3.63) is 71.3 Å². The Morgan fingerprint density at radius 2 is 1.64 bits per heavy atom. The van der Waals surface area contributed by atoms with Gasteiger partial charge in [0.15, 0.2) is 0 Å². The largest absolute Gasteiger partial charge is 0.480 e. The first-order chi connectivity index (χ1) is 11.8. The number of carbonyl (C=O) groups excluding carboxylic acids is 1. The number of alkyl halides is 3. The molecule has 0 aliphatic rings. The summed E-state index contributed by atoms with van der Waals surface area (Å²) in [5, 5.41) is 11.6. The van der Waals surface area contributed by atoms with Gasteiger partial charge in [0.1, 0.15) is 6.04 Å². The van der Waals surface area contributed by atoms with Crippen molar-refractivity contribution >= 4 is 11.9 Å². The third kappa shape index (κ3) is 5.63. The van der Waals surface area contributed by atoms with E-state index in [1.165, 1.54) is 12.1 Å². The average molecular weight is 351 g/mol. The molecule has 0 saturated heterocycles. The van der Waals surface area contributed by atoms with Crippen LogP contribution in [0.15, 0.2) is 54.6 Å². The molecule has 0 fully saturated rings. The summed E-state index contributed by atoms with van der Waals surface area (Å²) in [5.74, 6) is -1.82. The summed E-state index contributed by atoms with van der Waals surface area (Å²) in [5.41, 5.74) is 0.0372. The summed E-state index contributed by atoms with van der Waals surface area (Å²) in [6, 6.07) is 11.8. The predicted octanol–water partition coefficient (Wildman–Crippen LogP) is 3.06. The second-order valence-corrected chi connectivity index (χ2v) is 5.52. The molecule has 2 rings (SSSR count). The first kappa shape index (κ1) is 18.5. The Hall–Kier alpha value is -2.83. The van der Waals surface area contributed by atoms with E-state index < -0.39 is 29.7 Å². The molecule has 2 aromatic carbocycles. The monoisotopic (exact) mass is 351 g/mol. The van der Waals surface area contributed by atoms with Crippen LogP contribution in [0, 0.1) is 0 Å². The van der Waals surface area contributed by atoms with Gasteiger partial charge in [-0.05, 0) is 17.2 Å². The zero-order chi connectivity index (χ0) is 18.4. The molecule has 0 aromatic heterocycles. The van der Waals surface area contributed by atoms with Crippen molar-refractivity contribution in [3.63, 3.8) is 0 Å². The minimum atomic E-state index is -4.51. The molecule has 25 heavy (non-hydrogen) atoms. The topological polar surface area (TPSA) is 66.4 Å². The molecule has 0 unspecified atom stereocenters. The molecule has 2 N–H and O–H groups in total. The summed E-state index contributed by atoms with van der Waals surface area (Å²) in [7, 11) is 0. The van der Waals surface area contributed by atoms with Crippen LogP contribution in [-0.2, 0) is 28.6 Å². The highest BCUT2D eigenvalue weighted by atomic mass is 19.4. The molecule has 132 valence electrons. The van der Waals surface area contributed by atoms with E-state index in [1.807, 2.05) is 0 Å². The van der Waals surface area contributed by atoms with Crippen LogP contribution in [-0.4, -0.2) is 23.0 Å². The van der Waals surface area contributed by atoms with Crippen LogP contribution in [0.5, 0.6) is 0 Å². The fraction of sp³-hybridized carbons (Fsp3) is 0.222. The zero-order valence-electron chi connectivity index (χ0n) is 13.1. The van der Waals surface area contributed by atoms with Crippen molar-refractivity contribution < 1.29 is 27.9 Å². The number of halogens is 3. The van der Waals surface area contributed by atoms with Gasteiger partial charge in [-0.15, -0.1) is 0 Å². The summed E-state index contributed by atoms with van der Waals surface area (Å²) in [6.45, 7) is 0. The van der Waals surface area contributed by atoms with Crippen LogP contribution in [0.25, 0.3) is 0 Å². The van der Waals surface area contributed by atoms with Crippen molar-refractivity contribution in [1.29, 1.82) is 0 Å². The van der Waals surface area contributed by atoms with E-state index in [2.05, 4.69) is 5.32 Å². The van der Waals surface area contributed by atoms with E-state index in [9.17, 15) is 27.9 Å². The van der Waals surface area contributed by atoms with Gasteiger partial charge in [-0.25, -0.2) is 4.79 Å². The van der Waals surface area contributed by atoms with Crippen LogP contribution >= 0.6 is 0 Å². The van der Waals surface area contributed by atoms with Gasteiger partial charge in [-0.2, -0.15) is 13.2 Å². The lowest BCUT2D eigenvalue weighted by Crippen LogP contribution is -2.43. The minimum absolute atomic E-state index is 0.00674. The maximum Gasteiger partial charge on any atom is 0.416 e. The van der Waals surface area contributed by atoms with Crippen molar-refractivity contribution in [2.24, 2.45) is 0 Å². The van der Waals surface area contributed by atoms with Crippen molar-refractivity contribution in [2.75, 3.05) is 0 Å². The van der Waals surface area contributed by atoms with E-state index in [4.69, 9.17) is 0 Å². The number of carbonyl (C=O) groups is 2. The van der Waals surface area contributed by atoms with Gasteiger partial charge < -0.3 is 10.4 Å². The number of aliphatic carboxylic acids is 1. The van der Waals surface area contributed by atoms with Gasteiger partial charge in [0, 0.05) is 6.42 Å². The van der Waals surface area contributed by atoms with Crippen LogP contribution < -0.4 is 5.32 Å². The van der Waals surface area contributed by atoms with Gasteiger partial charge in [-0.1, -0.05) is 48.5 Å². The lowest BCUT2D eigenvalue weighted by Gasteiger charge is -2.16.